The largest absolute Gasteiger partial charge is 0.309 e. The van der Waals surface area contributed by atoms with Crippen LogP contribution in [0.15, 0.2) is 164 Å². The Morgan fingerprint density at radius 1 is 0.364 bits per heavy atom. The molecule has 0 saturated carbocycles. The molecule has 2 heterocycles. The number of hydrogen-bond donors (Lipinski definition) is 0. The van der Waals surface area contributed by atoms with Gasteiger partial charge in [0.2, 0.25) is 0 Å². The summed E-state index contributed by atoms with van der Waals surface area (Å²) in [6, 6.07) is 59.9. The Morgan fingerprint density at radius 3 is 1.66 bits per heavy atom. The van der Waals surface area contributed by atoms with Gasteiger partial charge >= 0.3 is 0 Å². The Morgan fingerprint density at radius 2 is 0.909 bits per heavy atom. The standard InChI is InChI=1S/C42H27NS/c1-2-13-29(14-3-1)43-39-23-10-8-19-35(39)33-17-6-4-15-31(33)32-16-5-7-18-34(32)38-27-28(25-26-40(38)43)30-21-12-22-37-36-20-9-11-24-41(36)44-42(30)37/h1-27H. The quantitative estimate of drug-likeness (QED) is 0.193. The molecule has 0 N–H and O–H groups in total. The fraction of sp³-hybridized carbons (Fsp3) is 0. The lowest BCUT2D eigenvalue weighted by Gasteiger charge is -2.15. The summed E-state index contributed by atoms with van der Waals surface area (Å²) >= 11 is 1.89. The Hall–Kier alpha value is -5.44. The maximum Gasteiger partial charge on any atom is 0.0540 e. The minimum Gasteiger partial charge on any atom is -0.309 e. The van der Waals surface area contributed by atoms with E-state index < -0.39 is 0 Å². The summed E-state index contributed by atoms with van der Waals surface area (Å²) in [6.07, 6.45) is 0. The van der Waals surface area contributed by atoms with E-state index in [9.17, 15) is 0 Å². The number of hydrogen-bond acceptors (Lipinski definition) is 1. The molecule has 9 aromatic rings. The third-order valence-electron chi connectivity index (χ3n) is 8.84. The monoisotopic (exact) mass is 577 g/mol. The molecule has 0 aliphatic rings. The fourth-order valence-corrected chi connectivity index (χ4v) is 8.11. The molecule has 1 nitrogen and oxygen atoms in total. The lowest BCUT2D eigenvalue weighted by molar-refractivity contribution is 1.17. The minimum atomic E-state index is 1.14. The highest BCUT2D eigenvalue weighted by Gasteiger charge is 2.14. The van der Waals surface area contributed by atoms with Gasteiger partial charge in [-0.15, -0.1) is 11.3 Å². The molecule has 0 spiro atoms. The maximum absolute atomic E-state index is 2.44. The van der Waals surface area contributed by atoms with Crippen LogP contribution in [0.3, 0.4) is 0 Å². The second kappa shape index (κ2) is 10.1. The molecule has 0 fully saturated rings. The highest BCUT2D eigenvalue weighted by molar-refractivity contribution is 7.26. The van der Waals surface area contributed by atoms with Gasteiger partial charge in [-0.1, -0.05) is 127 Å². The van der Waals surface area contributed by atoms with Gasteiger partial charge in [0.1, 0.15) is 0 Å². The van der Waals surface area contributed by atoms with Gasteiger partial charge in [0.25, 0.3) is 0 Å². The van der Waals surface area contributed by atoms with E-state index >= 15 is 0 Å². The number of fused-ring (bicyclic) bond motifs is 10. The Bertz CT molecular complexity index is 2600. The highest BCUT2D eigenvalue weighted by Crippen LogP contribution is 2.41. The number of rotatable bonds is 2. The first-order valence-electron chi connectivity index (χ1n) is 15.0. The first-order valence-corrected chi connectivity index (χ1v) is 15.8. The highest BCUT2D eigenvalue weighted by atomic mass is 32.1. The molecular formula is C42H27NS. The molecule has 0 bridgehead atoms. The summed E-state index contributed by atoms with van der Waals surface area (Å²) in [5.74, 6) is 0. The molecule has 206 valence electrons. The normalized spacial score (nSPS) is 11.6. The third kappa shape index (κ3) is 3.85. The van der Waals surface area contributed by atoms with E-state index in [0.29, 0.717) is 0 Å². The number of para-hydroxylation sites is 2. The van der Waals surface area contributed by atoms with Crippen LogP contribution in [0.5, 0.6) is 0 Å². The average molecular weight is 578 g/mol. The van der Waals surface area contributed by atoms with Crippen LogP contribution < -0.4 is 0 Å². The van der Waals surface area contributed by atoms with Crippen molar-refractivity contribution in [1.82, 2.24) is 4.57 Å². The zero-order valence-electron chi connectivity index (χ0n) is 23.9. The third-order valence-corrected chi connectivity index (χ3v) is 10.1. The summed E-state index contributed by atoms with van der Waals surface area (Å²) in [6.45, 7) is 0. The van der Waals surface area contributed by atoms with E-state index in [1.54, 1.807) is 0 Å². The van der Waals surface area contributed by atoms with E-state index in [-0.39, 0.29) is 0 Å². The number of benzene rings is 7. The van der Waals surface area contributed by atoms with Crippen LogP contribution in [0.2, 0.25) is 0 Å². The van der Waals surface area contributed by atoms with Crippen LogP contribution in [-0.2, 0) is 0 Å². The van der Waals surface area contributed by atoms with Crippen molar-refractivity contribution in [3.05, 3.63) is 164 Å². The van der Waals surface area contributed by atoms with Crippen LogP contribution in [0.4, 0.5) is 0 Å². The summed E-state index contributed by atoms with van der Waals surface area (Å²) in [5, 5.41) is 10.0. The summed E-state index contributed by atoms with van der Waals surface area (Å²) in [4.78, 5) is 0. The Labute approximate surface area is 259 Å². The molecule has 2 aromatic heterocycles. The van der Waals surface area contributed by atoms with Crippen molar-refractivity contribution in [3.8, 4) is 16.8 Å². The van der Waals surface area contributed by atoms with Crippen molar-refractivity contribution in [2.75, 3.05) is 0 Å². The van der Waals surface area contributed by atoms with Crippen molar-refractivity contribution in [3.63, 3.8) is 0 Å². The zero-order chi connectivity index (χ0) is 29.0. The minimum absolute atomic E-state index is 1.14. The topological polar surface area (TPSA) is 4.93 Å². The molecule has 2 heteroatoms. The zero-order valence-corrected chi connectivity index (χ0v) is 24.8. The van der Waals surface area contributed by atoms with E-state index in [4.69, 9.17) is 0 Å². The predicted molar refractivity (Wildman–Crippen MR) is 192 cm³/mol. The molecule has 0 aliphatic carbocycles. The molecule has 44 heavy (non-hydrogen) atoms. The molecular weight excluding hydrogens is 551 g/mol. The van der Waals surface area contributed by atoms with Gasteiger partial charge in [-0.25, -0.2) is 0 Å². The lowest BCUT2D eigenvalue weighted by atomic mass is 9.98. The van der Waals surface area contributed by atoms with Crippen molar-refractivity contribution in [2.24, 2.45) is 0 Å². The smallest absolute Gasteiger partial charge is 0.0540 e. The average Bonchev–Trinajstić information content (AvgIpc) is 3.49. The fourth-order valence-electron chi connectivity index (χ4n) is 6.88. The number of thiophene rings is 1. The van der Waals surface area contributed by atoms with Crippen LogP contribution in [0, 0.1) is 0 Å². The van der Waals surface area contributed by atoms with Gasteiger partial charge in [-0.2, -0.15) is 0 Å². The molecule has 0 amide bonds. The van der Waals surface area contributed by atoms with Crippen LogP contribution in [0.25, 0.3) is 80.3 Å². The molecule has 9 rings (SSSR count). The maximum atomic E-state index is 2.44. The first kappa shape index (κ1) is 25.1. The molecule has 0 unspecified atom stereocenters. The van der Waals surface area contributed by atoms with Gasteiger partial charge in [0.15, 0.2) is 0 Å². The van der Waals surface area contributed by atoms with Crippen LogP contribution in [-0.4, -0.2) is 4.57 Å². The molecule has 7 aromatic carbocycles. The van der Waals surface area contributed by atoms with E-state index in [2.05, 4.69) is 168 Å². The summed E-state index contributed by atoms with van der Waals surface area (Å²) in [5.41, 5.74) is 5.97. The number of aromatic nitrogens is 1. The van der Waals surface area contributed by atoms with Gasteiger partial charge in [0, 0.05) is 36.6 Å². The summed E-state index contributed by atoms with van der Waals surface area (Å²) < 4.78 is 5.10. The molecule has 0 saturated heterocycles. The van der Waals surface area contributed by atoms with Gasteiger partial charge in [-0.3, -0.25) is 0 Å². The van der Waals surface area contributed by atoms with E-state index in [1.165, 1.54) is 69.1 Å². The van der Waals surface area contributed by atoms with E-state index in [1.807, 2.05) is 11.3 Å². The van der Waals surface area contributed by atoms with Gasteiger partial charge < -0.3 is 4.57 Å². The van der Waals surface area contributed by atoms with Gasteiger partial charge in [-0.05, 0) is 69.1 Å². The molecule has 0 aliphatic heterocycles. The van der Waals surface area contributed by atoms with Gasteiger partial charge in [0.05, 0.1) is 11.0 Å². The van der Waals surface area contributed by atoms with Crippen LogP contribution >= 0.6 is 11.3 Å². The van der Waals surface area contributed by atoms with Crippen molar-refractivity contribution in [2.45, 2.75) is 0 Å². The van der Waals surface area contributed by atoms with Crippen molar-refractivity contribution >= 4 is 74.9 Å². The van der Waals surface area contributed by atoms with Crippen molar-refractivity contribution < 1.29 is 0 Å². The number of nitrogens with zero attached hydrogens (tertiary/aromatic N) is 1. The Kier molecular flexibility index (Phi) is 5.75. The second-order valence-corrected chi connectivity index (χ2v) is 12.3. The summed E-state index contributed by atoms with van der Waals surface area (Å²) in [7, 11) is 0. The predicted octanol–water partition coefficient (Wildman–Crippen LogP) is 12.2. The SMILES string of the molecule is c1ccc(-n2c3ccccc3c3ccccc3c3ccccc3c3cc(-c4cccc5c4sc4ccccc45)ccc32)cc1. The van der Waals surface area contributed by atoms with E-state index in [0.717, 1.165) is 11.2 Å². The Balaban J connectivity index is 1.53. The first-order chi connectivity index (χ1) is 21.8. The van der Waals surface area contributed by atoms with Crippen molar-refractivity contribution in [1.29, 1.82) is 0 Å². The van der Waals surface area contributed by atoms with Crippen LogP contribution in [0.1, 0.15) is 0 Å². The molecule has 0 atom stereocenters. The molecule has 0 radical (unpaired) electrons. The second-order valence-electron chi connectivity index (χ2n) is 11.3. The lowest BCUT2D eigenvalue weighted by Crippen LogP contribution is -1.97.